The molecule has 1 aromatic carbocycles. The van der Waals surface area contributed by atoms with Crippen LogP contribution in [0, 0.1) is 0 Å². The highest BCUT2D eigenvalue weighted by Gasteiger charge is 2.32. The van der Waals surface area contributed by atoms with Crippen LogP contribution < -0.4 is 4.90 Å². The largest absolute Gasteiger partial charge is 0.331 e. The topological polar surface area (TPSA) is 40.6 Å². The maximum Gasteiger partial charge on any atom is 0.331 e. The number of anilines is 1. The molecule has 0 atom stereocenters. The van der Waals surface area contributed by atoms with E-state index >= 15 is 0 Å². The van der Waals surface area contributed by atoms with Gasteiger partial charge in [-0.3, -0.25) is 14.6 Å². The van der Waals surface area contributed by atoms with Crippen LogP contribution in [0.5, 0.6) is 0 Å². The minimum Gasteiger partial charge on any atom is -0.292 e. The minimum atomic E-state index is -0.239. The Morgan fingerprint density at radius 2 is 2.00 bits per heavy atom. The zero-order chi connectivity index (χ0) is 13.7. The molecule has 1 fully saturated rings. The molecule has 0 spiro atoms. The van der Waals surface area contributed by atoms with Crippen LogP contribution in [0.4, 0.5) is 10.5 Å². The van der Waals surface area contributed by atoms with Crippen LogP contribution in [0.2, 0.25) is 0 Å². The first-order valence-corrected chi connectivity index (χ1v) is 6.58. The summed E-state index contributed by atoms with van der Waals surface area (Å²) in [5.74, 6) is -0.225. The molecule has 100 valence electrons. The number of imide groups is 1. The number of allylic oxidation sites excluding steroid dienone is 1. The fourth-order valence-electron chi connectivity index (χ4n) is 2.03. The average Bonchev–Trinajstić information content (AvgIpc) is 2.82. The number of unbranched alkanes of at least 4 members (excludes halogenated alkanes) is 1. The van der Waals surface area contributed by atoms with E-state index in [0.29, 0.717) is 13.1 Å². The SMILES string of the molecule is CCC/C=C/C(=O)N1CCN(c2ccccc2)C1=O. The van der Waals surface area contributed by atoms with Crippen molar-refractivity contribution in [3.05, 3.63) is 42.5 Å². The van der Waals surface area contributed by atoms with E-state index in [1.807, 2.05) is 43.3 Å². The quantitative estimate of drug-likeness (QED) is 0.779. The second-order valence-electron chi connectivity index (χ2n) is 4.45. The van der Waals surface area contributed by atoms with Crippen LogP contribution in [0.25, 0.3) is 0 Å². The zero-order valence-electron chi connectivity index (χ0n) is 11.1. The number of hydrogen-bond donors (Lipinski definition) is 0. The van der Waals surface area contributed by atoms with Crippen molar-refractivity contribution in [3.8, 4) is 0 Å². The van der Waals surface area contributed by atoms with Crippen molar-refractivity contribution in [2.45, 2.75) is 19.8 Å². The fraction of sp³-hybridized carbons (Fsp3) is 0.333. The van der Waals surface area contributed by atoms with Crippen molar-refractivity contribution in [2.24, 2.45) is 0 Å². The molecule has 0 aliphatic carbocycles. The lowest BCUT2D eigenvalue weighted by atomic mass is 10.3. The summed E-state index contributed by atoms with van der Waals surface area (Å²) in [5.41, 5.74) is 0.834. The molecule has 0 unspecified atom stereocenters. The van der Waals surface area contributed by atoms with E-state index in [-0.39, 0.29) is 11.9 Å². The van der Waals surface area contributed by atoms with Gasteiger partial charge < -0.3 is 0 Å². The Balaban J connectivity index is 2.04. The summed E-state index contributed by atoms with van der Waals surface area (Å²) >= 11 is 0. The summed E-state index contributed by atoms with van der Waals surface area (Å²) in [4.78, 5) is 27.0. The number of carbonyl (C=O) groups excluding carboxylic acids is 2. The molecule has 1 aromatic rings. The van der Waals surface area contributed by atoms with E-state index < -0.39 is 0 Å². The summed E-state index contributed by atoms with van der Waals surface area (Å²) in [6.45, 7) is 3.05. The Bertz CT molecular complexity index is 482. The first kappa shape index (κ1) is 13.3. The Morgan fingerprint density at radius 3 is 2.68 bits per heavy atom. The molecule has 2 rings (SSSR count). The van der Waals surface area contributed by atoms with Gasteiger partial charge in [-0.05, 0) is 24.6 Å². The second kappa shape index (κ2) is 6.18. The van der Waals surface area contributed by atoms with Crippen LogP contribution in [-0.2, 0) is 4.79 Å². The van der Waals surface area contributed by atoms with Gasteiger partial charge in [0, 0.05) is 18.8 Å². The number of para-hydroxylation sites is 1. The van der Waals surface area contributed by atoms with Crippen LogP contribution in [-0.4, -0.2) is 29.9 Å². The van der Waals surface area contributed by atoms with Gasteiger partial charge in [0.1, 0.15) is 0 Å². The molecular weight excluding hydrogens is 240 g/mol. The molecule has 0 saturated carbocycles. The molecule has 0 N–H and O–H groups in total. The summed E-state index contributed by atoms with van der Waals surface area (Å²) in [6.07, 6.45) is 5.17. The fourth-order valence-corrected chi connectivity index (χ4v) is 2.03. The number of benzene rings is 1. The van der Waals surface area contributed by atoms with Gasteiger partial charge >= 0.3 is 6.03 Å². The highest BCUT2D eigenvalue weighted by molar-refractivity contribution is 6.07. The highest BCUT2D eigenvalue weighted by atomic mass is 16.2. The van der Waals surface area contributed by atoms with E-state index in [1.165, 1.54) is 11.0 Å². The van der Waals surface area contributed by atoms with Gasteiger partial charge in [0.15, 0.2) is 0 Å². The van der Waals surface area contributed by atoms with Gasteiger partial charge in [-0.15, -0.1) is 0 Å². The lowest BCUT2D eigenvalue weighted by molar-refractivity contribution is -0.122. The lowest BCUT2D eigenvalue weighted by Gasteiger charge is -2.16. The lowest BCUT2D eigenvalue weighted by Crippen LogP contribution is -2.35. The summed E-state index contributed by atoms with van der Waals surface area (Å²) in [7, 11) is 0. The van der Waals surface area contributed by atoms with Gasteiger partial charge in [-0.2, -0.15) is 0 Å². The first-order valence-electron chi connectivity index (χ1n) is 6.58. The number of amides is 3. The molecule has 1 saturated heterocycles. The van der Waals surface area contributed by atoms with E-state index in [1.54, 1.807) is 4.90 Å². The predicted molar refractivity (Wildman–Crippen MR) is 74.9 cm³/mol. The van der Waals surface area contributed by atoms with Crippen molar-refractivity contribution in [2.75, 3.05) is 18.0 Å². The molecule has 19 heavy (non-hydrogen) atoms. The number of nitrogens with zero attached hydrogens (tertiary/aromatic N) is 2. The van der Waals surface area contributed by atoms with Crippen molar-refractivity contribution >= 4 is 17.6 Å². The number of hydrogen-bond acceptors (Lipinski definition) is 2. The third kappa shape index (κ3) is 3.02. The van der Waals surface area contributed by atoms with Gasteiger partial charge in [-0.25, -0.2) is 4.79 Å². The normalized spacial score (nSPS) is 15.5. The Hall–Kier alpha value is -2.10. The highest BCUT2D eigenvalue weighted by Crippen LogP contribution is 2.19. The van der Waals surface area contributed by atoms with Crippen molar-refractivity contribution in [1.29, 1.82) is 0 Å². The monoisotopic (exact) mass is 258 g/mol. The van der Waals surface area contributed by atoms with Gasteiger partial charge in [-0.1, -0.05) is 37.6 Å². The number of urea groups is 1. The molecule has 0 radical (unpaired) electrons. The molecule has 3 amide bonds. The van der Waals surface area contributed by atoms with Crippen LogP contribution in [0.1, 0.15) is 19.8 Å². The van der Waals surface area contributed by atoms with E-state index in [4.69, 9.17) is 0 Å². The van der Waals surface area contributed by atoms with Gasteiger partial charge in [0.2, 0.25) is 0 Å². The molecule has 1 aliphatic heterocycles. The molecule has 4 heteroatoms. The first-order chi connectivity index (χ1) is 9.24. The standard InChI is InChI=1S/C15H18N2O2/c1-2-3-5-10-14(18)17-12-11-16(15(17)19)13-8-6-4-7-9-13/h4-10H,2-3,11-12H2,1H3/b10-5+. The molecule has 0 bridgehead atoms. The second-order valence-corrected chi connectivity index (χ2v) is 4.45. The van der Waals surface area contributed by atoms with Crippen LogP contribution >= 0.6 is 0 Å². The predicted octanol–water partition coefficient (Wildman–Crippen LogP) is 2.81. The minimum absolute atomic E-state index is 0.225. The molecule has 1 aliphatic rings. The van der Waals surface area contributed by atoms with Gasteiger partial charge in [0.25, 0.3) is 5.91 Å². The molecule has 4 nitrogen and oxygen atoms in total. The summed E-state index contributed by atoms with van der Waals surface area (Å²) < 4.78 is 0. The van der Waals surface area contributed by atoms with Crippen molar-refractivity contribution in [3.63, 3.8) is 0 Å². The molecule has 1 heterocycles. The van der Waals surface area contributed by atoms with E-state index in [2.05, 4.69) is 0 Å². The molecule has 0 aromatic heterocycles. The third-order valence-corrected chi connectivity index (χ3v) is 3.06. The average molecular weight is 258 g/mol. The van der Waals surface area contributed by atoms with Crippen molar-refractivity contribution in [1.82, 2.24) is 4.90 Å². The van der Waals surface area contributed by atoms with E-state index in [0.717, 1.165) is 18.5 Å². The molecular formula is C15H18N2O2. The Kier molecular flexibility index (Phi) is 4.34. The smallest absolute Gasteiger partial charge is 0.292 e. The van der Waals surface area contributed by atoms with Gasteiger partial charge in [0.05, 0.1) is 0 Å². The third-order valence-electron chi connectivity index (χ3n) is 3.06. The Labute approximate surface area is 113 Å². The maximum absolute atomic E-state index is 12.2. The van der Waals surface area contributed by atoms with Crippen LogP contribution in [0.3, 0.4) is 0 Å². The number of rotatable bonds is 4. The van der Waals surface area contributed by atoms with Crippen molar-refractivity contribution < 1.29 is 9.59 Å². The van der Waals surface area contributed by atoms with Crippen LogP contribution in [0.15, 0.2) is 42.5 Å². The number of carbonyl (C=O) groups is 2. The summed E-state index contributed by atoms with van der Waals surface area (Å²) in [5, 5.41) is 0. The Morgan fingerprint density at radius 1 is 1.26 bits per heavy atom. The zero-order valence-corrected chi connectivity index (χ0v) is 11.1. The summed E-state index contributed by atoms with van der Waals surface area (Å²) in [6, 6.07) is 9.18. The maximum atomic E-state index is 12.2. The van der Waals surface area contributed by atoms with E-state index in [9.17, 15) is 9.59 Å².